The van der Waals surface area contributed by atoms with Crippen LogP contribution in [0.1, 0.15) is 40.0 Å². The molecule has 1 saturated heterocycles. The Morgan fingerprint density at radius 1 is 1.35 bits per heavy atom. The maximum absolute atomic E-state index is 5.68. The fourth-order valence-corrected chi connectivity index (χ4v) is 2.68. The van der Waals surface area contributed by atoms with Crippen molar-refractivity contribution in [1.29, 1.82) is 0 Å². The minimum Gasteiger partial charge on any atom is -0.379 e. The number of morpholine rings is 1. The number of hydrogen-bond acceptors (Lipinski definition) is 3. The first-order chi connectivity index (χ1) is 8.15. The van der Waals surface area contributed by atoms with Crippen molar-refractivity contribution in [2.75, 3.05) is 32.8 Å². The molecule has 0 aromatic rings. The van der Waals surface area contributed by atoms with Crippen molar-refractivity contribution in [3.05, 3.63) is 0 Å². The van der Waals surface area contributed by atoms with Crippen molar-refractivity contribution in [2.24, 2.45) is 17.6 Å². The van der Waals surface area contributed by atoms with Crippen LogP contribution in [0.5, 0.6) is 0 Å². The van der Waals surface area contributed by atoms with Gasteiger partial charge in [-0.15, -0.1) is 0 Å². The highest BCUT2D eigenvalue weighted by molar-refractivity contribution is 4.72. The largest absolute Gasteiger partial charge is 0.379 e. The molecule has 0 saturated carbocycles. The molecule has 0 bridgehead atoms. The van der Waals surface area contributed by atoms with E-state index >= 15 is 0 Å². The van der Waals surface area contributed by atoms with E-state index in [1.807, 2.05) is 0 Å². The maximum Gasteiger partial charge on any atom is 0.0619 e. The Morgan fingerprint density at radius 3 is 2.71 bits per heavy atom. The monoisotopic (exact) mass is 242 g/mol. The van der Waals surface area contributed by atoms with Crippen molar-refractivity contribution in [1.82, 2.24) is 4.90 Å². The summed E-state index contributed by atoms with van der Waals surface area (Å²) in [4.78, 5) is 2.56. The number of hydrogen-bond donors (Lipinski definition) is 1. The highest BCUT2D eigenvalue weighted by Crippen LogP contribution is 2.21. The van der Waals surface area contributed by atoms with Gasteiger partial charge in [-0.3, -0.25) is 4.90 Å². The van der Waals surface area contributed by atoms with E-state index in [0.29, 0.717) is 6.04 Å². The van der Waals surface area contributed by atoms with Gasteiger partial charge in [0.2, 0.25) is 0 Å². The van der Waals surface area contributed by atoms with Crippen LogP contribution in [-0.2, 0) is 4.74 Å². The summed E-state index contributed by atoms with van der Waals surface area (Å²) >= 11 is 0. The van der Waals surface area contributed by atoms with Gasteiger partial charge >= 0.3 is 0 Å². The quantitative estimate of drug-likeness (QED) is 0.743. The first kappa shape index (κ1) is 14.9. The number of nitrogens with zero attached hydrogens (tertiary/aromatic N) is 1. The minimum absolute atomic E-state index is 0.593. The summed E-state index contributed by atoms with van der Waals surface area (Å²) in [5, 5.41) is 0. The molecule has 0 aromatic carbocycles. The highest BCUT2D eigenvalue weighted by atomic mass is 16.5. The molecule has 1 rings (SSSR count). The Morgan fingerprint density at radius 2 is 2.12 bits per heavy atom. The summed E-state index contributed by atoms with van der Waals surface area (Å²) in [5.74, 6) is 1.57. The lowest BCUT2D eigenvalue weighted by Gasteiger charge is -2.33. The molecule has 1 heterocycles. The van der Waals surface area contributed by atoms with Crippen LogP contribution in [0.4, 0.5) is 0 Å². The van der Waals surface area contributed by atoms with Gasteiger partial charge < -0.3 is 10.5 Å². The number of rotatable bonds is 7. The Bertz CT molecular complexity index is 193. The highest BCUT2D eigenvalue weighted by Gasteiger charge is 2.19. The third-order valence-corrected chi connectivity index (χ3v) is 4.01. The van der Waals surface area contributed by atoms with E-state index in [1.54, 1.807) is 0 Å². The van der Waals surface area contributed by atoms with Crippen molar-refractivity contribution < 1.29 is 4.74 Å². The van der Waals surface area contributed by atoms with Crippen LogP contribution < -0.4 is 5.73 Å². The zero-order valence-corrected chi connectivity index (χ0v) is 11.8. The van der Waals surface area contributed by atoms with Crippen LogP contribution in [0.3, 0.4) is 0 Å². The molecular formula is C14H30N2O. The fourth-order valence-electron chi connectivity index (χ4n) is 2.68. The predicted molar refractivity (Wildman–Crippen MR) is 73.1 cm³/mol. The molecule has 0 spiro atoms. The molecule has 17 heavy (non-hydrogen) atoms. The lowest BCUT2D eigenvalue weighted by molar-refractivity contribution is -0.00156. The Hall–Kier alpha value is -0.120. The summed E-state index contributed by atoms with van der Waals surface area (Å²) < 4.78 is 5.46. The molecule has 2 atom stereocenters. The Kier molecular flexibility index (Phi) is 7.09. The second-order valence-corrected chi connectivity index (χ2v) is 5.68. The van der Waals surface area contributed by atoms with E-state index in [2.05, 4.69) is 25.7 Å². The molecule has 0 amide bonds. The molecule has 1 aliphatic heterocycles. The average molecular weight is 242 g/mol. The second kappa shape index (κ2) is 8.06. The van der Waals surface area contributed by atoms with Gasteiger partial charge in [0, 0.05) is 12.6 Å². The van der Waals surface area contributed by atoms with E-state index in [1.165, 1.54) is 25.8 Å². The summed E-state index contributed by atoms with van der Waals surface area (Å²) in [6, 6.07) is 0.593. The molecule has 1 fully saturated rings. The second-order valence-electron chi connectivity index (χ2n) is 5.68. The fraction of sp³-hybridized carbons (Fsp3) is 1.00. The molecule has 0 aliphatic carbocycles. The normalized spacial score (nSPS) is 24.2. The molecule has 102 valence electrons. The standard InChI is InChI=1S/C14H30N2O/c1-12(2)14(6-7-15)5-4-8-16-9-10-17-11-13(16)3/h12-14H,4-11,15H2,1-3H3. The molecular weight excluding hydrogens is 212 g/mol. The number of ether oxygens (including phenoxy) is 1. The van der Waals surface area contributed by atoms with Crippen molar-refractivity contribution in [3.63, 3.8) is 0 Å². The molecule has 3 nitrogen and oxygen atoms in total. The van der Waals surface area contributed by atoms with Crippen LogP contribution in [0.25, 0.3) is 0 Å². The van der Waals surface area contributed by atoms with E-state index in [-0.39, 0.29) is 0 Å². The van der Waals surface area contributed by atoms with Gasteiger partial charge in [-0.1, -0.05) is 13.8 Å². The van der Waals surface area contributed by atoms with Gasteiger partial charge in [0.15, 0.2) is 0 Å². The third kappa shape index (κ3) is 5.36. The first-order valence-electron chi connectivity index (χ1n) is 7.17. The zero-order valence-electron chi connectivity index (χ0n) is 11.8. The summed E-state index contributed by atoms with van der Waals surface area (Å²) in [5.41, 5.74) is 5.68. The van der Waals surface area contributed by atoms with Gasteiger partial charge in [0.1, 0.15) is 0 Å². The van der Waals surface area contributed by atoms with Gasteiger partial charge in [-0.25, -0.2) is 0 Å². The molecule has 2 unspecified atom stereocenters. The van der Waals surface area contributed by atoms with Gasteiger partial charge in [-0.2, -0.15) is 0 Å². The molecule has 3 heteroatoms. The molecule has 1 aliphatic rings. The molecule has 0 aromatic heterocycles. The lowest BCUT2D eigenvalue weighted by atomic mass is 9.88. The third-order valence-electron chi connectivity index (χ3n) is 4.01. The lowest BCUT2D eigenvalue weighted by Crippen LogP contribution is -2.44. The topological polar surface area (TPSA) is 38.5 Å². The SMILES string of the molecule is CC(C)C(CCN)CCCN1CCOCC1C. The van der Waals surface area contributed by atoms with Crippen molar-refractivity contribution in [2.45, 2.75) is 46.1 Å². The van der Waals surface area contributed by atoms with E-state index in [0.717, 1.165) is 38.1 Å². The van der Waals surface area contributed by atoms with Gasteiger partial charge in [0.05, 0.1) is 13.2 Å². The minimum atomic E-state index is 0.593. The maximum atomic E-state index is 5.68. The number of nitrogens with two attached hydrogens (primary N) is 1. The Labute approximate surface area is 107 Å². The van der Waals surface area contributed by atoms with Crippen molar-refractivity contribution in [3.8, 4) is 0 Å². The van der Waals surface area contributed by atoms with Crippen LogP contribution in [0.15, 0.2) is 0 Å². The summed E-state index contributed by atoms with van der Waals surface area (Å²) in [6.45, 7) is 11.9. The zero-order chi connectivity index (χ0) is 12.7. The Balaban J connectivity index is 2.20. The van der Waals surface area contributed by atoms with Crippen LogP contribution in [0.2, 0.25) is 0 Å². The van der Waals surface area contributed by atoms with Crippen LogP contribution in [0, 0.1) is 11.8 Å². The molecule has 2 N–H and O–H groups in total. The average Bonchev–Trinajstić information content (AvgIpc) is 2.30. The summed E-state index contributed by atoms with van der Waals surface area (Å²) in [6.07, 6.45) is 3.79. The molecule has 0 radical (unpaired) electrons. The smallest absolute Gasteiger partial charge is 0.0619 e. The summed E-state index contributed by atoms with van der Waals surface area (Å²) in [7, 11) is 0. The van der Waals surface area contributed by atoms with Crippen LogP contribution >= 0.6 is 0 Å². The van der Waals surface area contributed by atoms with Gasteiger partial charge in [0.25, 0.3) is 0 Å². The van der Waals surface area contributed by atoms with Gasteiger partial charge in [-0.05, 0) is 51.1 Å². The van der Waals surface area contributed by atoms with E-state index < -0.39 is 0 Å². The van der Waals surface area contributed by atoms with E-state index in [4.69, 9.17) is 10.5 Å². The van der Waals surface area contributed by atoms with Crippen LogP contribution in [-0.4, -0.2) is 43.8 Å². The first-order valence-corrected chi connectivity index (χ1v) is 7.17. The van der Waals surface area contributed by atoms with Crippen molar-refractivity contribution >= 4 is 0 Å². The predicted octanol–water partition coefficient (Wildman–Crippen LogP) is 2.11. The van der Waals surface area contributed by atoms with E-state index in [9.17, 15) is 0 Å².